The molecule has 0 aliphatic heterocycles. The van der Waals surface area contributed by atoms with E-state index in [1.807, 2.05) is 48.5 Å². The predicted octanol–water partition coefficient (Wildman–Crippen LogP) is 4.18. The summed E-state index contributed by atoms with van der Waals surface area (Å²) in [6.45, 7) is 0. The van der Waals surface area contributed by atoms with Crippen LogP contribution >= 0.6 is 11.6 Å². The van der Waals surface area contributed by atoms with Crippen LogP contribution in [0, 0.1) is 0 Å². The highest BCUT2D eigenvalue weighted by molar-refractivity contribution is 6.33. The zero-order chi connectivity index (χ0) is 18.8. The lowest BCUT2D eigenvalue weighted by atomic mass is 10.1. The first-order chi connectivity index (χ1) is 13.1. The van der Waals surface area contributed by atoms with Crippen molar-refractivity contribution in [2.75, 3.05) is 5.32 Å². The topological polar surface area (TPSA) is 64.7 Å². The number of nitrogens with zero attached hydrogens (tertiary/aromatic N) is 4. The summed E-state index contributed by atoms with van der Waals surface area (Å²) in [7, 11) is 1.77. The summed E-state index contributed by atoms with van der Waals surface area (Å²) in [6.07, 6.45) is 5.05. The molecule has 0 unspecified atom stereocenters. The second kappa shape index (κ2) is 7.09. The van der Waals surface area contributed by atoms with E-state index in [1.165, 1.54) is 0 Å². The quantitative estimate of drug-likeness (QED) is 0.580. The van der Waals surface area contributed by atoms with Crippen molar-refractivity contribution < 1.29 is 4.79 Å². The summed E-state index contributed by atoms with van der Waals surface area (Å²) in [5.41, 5.74) is 3.20. The minimum Gasteiger partial charge on any atom is -0.319 e. The van der Waals surface area contributed by atoms with Crippen LogP contribution in [-0.4, -0.2) is 25.5 Å². The van der Waals surface area contributed by atoms with Gasteiger partial charge >= 0.3 is 0 Å². The van der Waals surface area contributed by atoms with E-state index in [4.69, 9.17) is 11.6 Å². The zero-order valence-corrected chi connectivity index (χ0v) is 15.3. The van der Waals surface area contributed by atoms with Crippen LogP contribution in [0.2, 0.25) is 5.02 Å². The van der Waals surface area contributed by atoms with E-state index in [1.54, 1.807) is 41.1 Å². The van der Waals surface area contributed by atoms with Gasteiger partial charge in [-0.1, -0.05) is 48.0 Å². The molecule has 0 radical (unpaired) electrons. The molecule has 4 aromatic rings. The fourth-order valence-corrected chi connectivity index (χ4v) is 3.04. The molecule has 0 fully saturated rings. The molecule has 2 heterocycles. The Hall–Kier alpha value is -3.38. The SMILES string of the molecule is Cn1cc(C(=O)Nc2cnn(-c3ccccc3)c2)c(-c2ccccc2Cl)n1. The summed E-state index contributed by atoms with van der Waals surface area (Å²) < 4.78 is 3.30. The van der Waals surface area contributed by atoms with Crippen LogP contribution in [-0.2, 0) is 7.05 Å². The van der Waals surface area contributed by atoms with Crippen LogP contribution in [0.3, 0.4) is 0 Å². The molecule has 2 aromatic carbocycles. The molecule has 1 N–H and O–H groups in total. The van der Waals surface area contributed by atoms with Gasteiger partial charge in [0.25, 0.3) is 5.91 Å². The van der Waals surface area contributed by atoms with E-state index in [0.717, 1.165) is 5.69 Å². The fourth-order valence-electron chi connectivity index (χ4n) is 2.81. The van der Waals surface area contributed by atoms with Gasteiger partial charge in [-0.2, -0.15) is 10.2 Å². The van der Waals surface area contributed by atoms with E-state index in [0.29, 0.717) is 27.5 Å². The molecule has 0 aliphatic rings. The third kappa shape index (κ3) is 3.47. The molecule has 134 valence electrons. The Kier molecular flexibility index (Phi) is 4.48. The van der Waals surface area contributed by atoms with E-state index < -0.39 is 0 Å². The Bertz CT molecular complexity index is 1100. The number of anilines is 1. The number of para-hydroxylation sites is 1. The van der Waals surface area contributed by atoms with Gasteiger partial charge in [-0.15, -0.1) is 0 Å². The molecule has 7 heteroatoms. The number of aryl methyl sites for hydroxylation is 1. The normalized spacial score (nSPS) is 10.7. The van der Waals surface area contributed by atoms with Gasteiger partial charge in [0.2, 0.25) is 0 Å². The Morgan fingerprint density at radius 3 is 2.56 bits per heavy atom. The Morgan fingerprint density at radius 1 is 1.04 bits per heavy atom. The zero-order valence-electron chi connectivity index (χ0n) is 14.5. The van der Waals surface area contributed by atoms with E-state index in [9.17, 15) is 4.79 Å². The lowest BCUT2D eigenvalue weighted by Crippen LogP contribution is -2.12. The van der Waals surface area contributed by atoms with Gasteiger partial charge in [-0.25, -0.2) is 4.68 Å². The molecule has 0 saturated carbocycles. The van der Waals surface area contributed by atoms with Gasteiger partial charge < -0.3 is 5.32 Å². The Balaban J connectivity index is 1.62. The number of carbonyl (C=O) groups excluding carboxylic acids is 1. The number of amides is 1. The molecule has 0 spiro atoms. The lowest BCUT2D eigenvalue weighted by Gasteiger charge is -2.05. The van der Waals surface area contributed by atoms with Crippen LogP contribution in [0.25, 0.3) is 16.9 Å². The van der Waals surface area contributed by atoms with Gasteiger partial charge in [0.05, 0.1) is 34.4 Å². The largest absolute Gasteiger partial charge is 0.319 e. The van der Waals surface area contributed by atoms with Gasteiger partial charge in [-0.05, 0) is 18.2 Å². The van der Waals surface area contributed by atoms with E-state index in [-0.39, 0.29) is 5.91 Å². The highest BCUT2D eigenvalue weighted by Gasteiger charge is 2.19. The number of aromatic nitrogens is 4. The molecule has 0 atom stereocenters. The van der Waals surface area contributed by atoms with Gasteiger partial charge in [-0.3, -0.25) is 9.48 Å². The molecule has 0 bridgehead atoms. The first kappa shape index (κ1) is 17.1. The number of hydrogen-bond acceptors (Lipinski definition) is 3. The summed E-state index contributed by atoms with van der Waals surface area (Å²) in [6, 6.07) is 17.0. The average Bonchev–Trinajstić information content (AvgIpc) is 3.29. The first-order valence-corrected chi connectivity index (χ1v) is 8.69. The van der Waals surface area contributed by atoms with Crippen LogP contribution in [0.4, 0.5) is 5.69 Å². The first-order valence-electron chi connectivity index (χ1n) is 8.32. The summed E-state index contributed by atoms with van der Waals surface area (Å²) in [5.74, 6) is -0.273. The Morgan fingerprint density at radius 2 is 1.78 bits per heavy atom. The second-order valence-electron chi connectivity index (χ2n) is 6.01. The molecular weight excluding hydrogens is 362 g/mol. The van der Waals surface area contributed by atoms with Crippen molar-refractivity contribution >= 4 is 23.2 Å². The van der Waals surface area contributed by atoms with Gasteiger partial charge in [0.1, 0.15) is 5.69 Å². The van der Waals surface area contributed by atoms with Crippen molar-refractivity contribution in [3.8, 4) is 16.9 Å². The number of rotatable bonds is 4. The molecule has 1 amide bonds. The number of carbonyl (C=O) groups is 1. The molecule has 27 heavy (non-hydrogen) atoms. The van der Waals surface area contributed by atoms with Crippen molar-refractivity contribution in [1.82, 2.24) is 19.6 Å². The molecule has 0 aliphatic carbocycles. The monoisotopic (exact) mass is 377 g/mol. The summed E-state index contributed by atoms with van der Waals surface area (Å²) >= 11 is 6.28. The predicted molar refractivity (Wildman–Crippen MR) is 105 cm³/mol. The highest BCUT2D eigenvalue weighted by Crippen LogP contribution is 2.29. The maximum atomic E-state index is 12.8. The molecule has 4 rings (SSSR count). The molecule has 6 nitrogen and oxygen atoms in total. The van der Waals surface area contributed by atoms with Crippen LogP contribution in [0.5, 0.6) is 0 Å². The number of hydrogen-bond donors (Lipinski definition) is 1. The minimum absolute atomic E-state index is 0.273. The molecule has 0 saturated heterocycles. The van der Waals surface area contributed by atoms with E-state index >= 15 is 0 Å². The fraction of sp³-hybridized carbons (Fsp3) is 0.0500. The van der Waals surface area contributed by atoms with Gasteiger partial charge in [0.15, 0.2) is 0 Å². The van der Waals surface area contributed by atoms with Gasteiger partial charge in [0, 0.05) is 18.8 Å². The standard InChI is InChI=1S/C20H16ClN5O/c1-25-13-17(19(24-25)16-9-5-6-10-18(16)21)20(27)23-14-11-22-26(12-14)15-7-3-2-4-8-15/h2-13H,1H3,(H,23,27). The third-order valence-electron chi connectivity index (χ3n) is 4.06. The Labute approximate surface area is 161 Å². The van der Waals surface area contributed by atoms with Crippen molar-refractivity contribution in [2.45, 2.75) is 0 Å². The summed E-state index contributed by atoms with van der Waals surface area (Å²) in [5, 5.41) is 12.1. The smallest absolute Gasteiger partial charge is 0.259 e. The third-order valence-corrected chi connectivity index (χ3v) is 4.39. The van der Waals surface area contributed by atoms with Crippen molar-refractivity contribution in [3.05, 3.63) is 83.8 Å². The average molecular weight is 378 g/mol. The van der Waals surface area contributed by atoms with Crippen molar-refractivity contribution in [2.24, 2.45) is 7.05 Å². The molecular formula is C20H16ClN5O. The highest BCUT2D eigenvalue weighted by atomic mass is 35.5. The van der Waals surface area contributed by atoms with E-state index in [2.05, 4.69) is 15.5 Å². The second-order valence-corrected chi connectivity index (χ2v) is 6.42. The summed E-state index contributed by atoms with van der Waals surface area (Å²) in [4.78, 5) is 12.8. The maximum Gasteiger partial charge on any atom is 0.259 e. The van der Waals surface area contributed by atoms with Crippen LogP contribution in [0.1, 0.15) is 10.4 Å². The number of nitrogens with one attached hydrogen (secondary N) is 1. The van der Waals surface area contributed by atoms with Crippen molar-refractivity contribution in [1.29, 1.82) is 0 Å². The van der Waals surface area contributed by atoms with Crippen LogP contribution < -0.4 is 5.32 Å². The lowest BCUT2D eigenvalue weighted by molar-refractivity contribution is 0.102. The number of halogens is 1. The van der Waals surface area contributed by atoms with Crippen molar-refractivity contribution in [3.63, 3.8) is 0 Å². The minimum atomic E-state index is -0.273. The maximum absolute atomic E-state index is 12.8. The van der Waals surface area contributed by atoms with Crippen LogP contribution in [0.15, 0.2) is 73.2 Å². The molecule has 2 aromatic heterocycles. The number of benzene rings is 2.